The number of carbonyl (C=O) groups excluding carboxylic acids is 1. The molecule has 0 atom stereocenters. The molecule has 22 heavy (non-hydrogen) atoms. The van der Waals surface area contributed by atoms with Crippen LogP contribution in [-0.2, 0) is 0 Å². The van der Waals surface area contributed by atoms with E-state index in [0.29, 0.717) is 6.54 Å². The molecule has 2 amide bonds. The van der Waals surface area contributed by atoms with Gasteiger partial charge in [0.15, 0.2) is 5.96 Å². The summed E-state index contributed by atoms with van der Waals surface area (Å²) in [5.41, 5.74) is 8.54. The van der Waals surface area contributed by atoms with Crippen molar-refractivity contribution < 1.29 is 15.1 Å². The van der Waals surface area contributed by atoms with Crippen LogP contribution in [0.2, 0.25) is 0 Å². The van der Waals surface area contributed by atoms with E-state index < -0.39 is 5.09 Å². The van der Waals surface area contributed by atoms with Gasteiger partial charge in [0.05, 0.1) is 5.69 Å². The summed E-state index contributed by atoms with van der Waals surface area (Å²) < 4.78 is 0. The SMILES string of the molecule is CCN(C(=O)NC(N)=NC)c1c(C)cccc1C.O=[N+]([O-])O. The molecule has 0 radical (unpaired) electrons. The Morgan fingerprint density at radius 3 is 2.27 bits per heavy atom. The third-order valence-electron chi connectivity index (χ3n) is 2.75. The first-order valence-electron chi connectivity index (χ1n) is 6.44. The van der Waals surface area contributed by atoms with Crippen molar-refractivity contribution in [3.05, 3.63) is 39.4 Å². The molecule has 9 nitrogen and oxygen atoms in total. The highest BCUT2D eigenvalue weighted by Gasteiger charge is 2.17. The van der Waals surface area contributed by atoms with Gasteiger partial charge in [0.1, 0.15) is 0 Å². The summed E-state index contributed by atoms with van der Waals surface area (Å²) in [5, 5.41) is 16.2. The van der Waals surface area contributed by atoms with E-state index in [9.17, 15) is 4.79 Å². The minimum atomic E-state index is -1.50. The summed E-state index contributed by atoms with van der Waals surface area (Å²) in [4.78, 5) is 25.8. The van der Waals surface area contributed by atoms with Gasteiger partial charge in [-0.3, -0.25) is 15.2 Å². The first-order chi connectivity index (χ1) is 10.2. The van der Waals surface area contributed by atoms with E-state index in [2.05, 4.69) is 10.3 Å². The van der Waals surface area contributed by atoms with E-state index in [4.69, 9.17) is 21.1 Å². The maximum Gasteiger partial charge on any atom is 0.328 e. The van der Waals surface area contributed by atoms with Crippen molar-refractivity contribution in [1.82, 2.24) is 5.32 Å². The lowest BCUT2D eigenvalue weighted by Gasteiger charge is -2.24. The number of nitrogens with one attached hydrogen (secondary N) is 1. The Balaban J connectivity index is 0.000000980. The Kier molecular flexibility index (Phi) is 7.98. The Bertz CT molecular complexity index is 535. The van der Waals surface area contributed by atoms with Gasteiger partial charge >= 0.3 is 6.03 Å². The predicted octanol–water partition coefficient (Wildman–Crippen LogP) is 1.44. The minimum Gasteiger partial charge on any atom is -0.370 e. The molecule has 0 aromatic heterocycles. The molecule has 0 unspecified atom stereocenters. The predicted molar refractivity (Wildman–Crippen MR) is 83.8 cm³/mol. The lowest BCUT2D eigenvalue weighted by molar-refractivity contribution is -0.742. The molecule has 4 N–H and O–H groups in total. The Hall–Kier alpha value is -2.84. The van der Waals surface area contributed by atoms with Crippen molar-refractivity contribution in [3.63, 3.8) is 0 Å². The van der Waals surface area contributed by atoms with Crippen molar-refractivity contribution in [2.45, 2.75) is 20.8 Å². The molecular formula is C13H21N5O4. The summed E-state index contributed by atoms with van der Waals surface area (Å²) >= 11 is 0. The molecule has 0 aliphatic heterocycles. The number of nitrogens with two attached hydrogens (primary N) is 1. The number of hydrogen-bond donors (Lipinski definition) is 3. The standard InChI is InChI=1S/C13H20N4O.HNO3/c1-5-17(13(18)16-12(14)15-4)11-9(2)7-6-8-10(11)3;2-1(3)4/h6-8H,5H2,1-4H3,(H3,14,15,16,18);(H,2,3,4). The number of amides is 2. The number of carbonyl (C=O) groups is 1. The number of para-hydroxylation sites is 1. The van der Waals surface area contributed by atoms with E-state index in [-0.39, 0.29) is 12.0 Å². The van der Waals surface area contributed by atoms with E-state index in [1.807, 2.05) is 39.0 Å². The summed E-state index contributed by atoms with van der Waals surface area (Å²) in [6, 6.07) is 5.67. The average molecular weight is 311 g/mol. The topological polar surface area (TPSA) is 134 Å². The second kappa shape index (κ2) is 9.16. The molecular weight excluding hydrogens is 290 g/mol. The van der Waals surface area contributed by atoms with E-state index in [1.54, 1.807) is 4.90 Å². The van der Waals surface area contributed by atoms with Crippen LogP contribution in [0.3, 0.4) is 0 Å². The van der Waals surface area contributed by atoms with Crippen LogP contribution in [0.25, 0.3) is 0 Å². The zero-order valence-electron chi connectivity index (χ0n) is 13.0. The number of anilines is 1. The van der Waals surface area contributed by atoms with E-state index in [0.717, 1.165) is 16.8 Å². The average Bonchev–Trinajstić information content (AvgIpc) is 2.42. The number of guanidine groups is 1. The Morgan fingerprint density at radius 1 is 1.45 bits per heavy atom. The van der Waals surface area contributed by atoms with E-state index >= 15 is 0 Å². The normalized spacial score (nSPS) is 10.3. The molecule has 0 saturated heterocycles. The number of nitrogens with zero attached hydrogens (tertiary/aromatic N) is 3. The van der Waals surface area contributed by atoms with Crippen LogP contribution in [0.1, 0.15) is 18.1 Å². The fourth-order valence-electron chi connectivity index (χ4n) is 1.87. The van der Waals surface area contributed by atoms with Crippen molar-refractivity contribution in [1.29, 1.82) is 0 Å². The molecule has 122 valence electrons. The summed E-state index contributed by atoms with van der Waals surface area (Å²) in [7, 11) is 1.53. The largest absolute Gasteiger partial charge is 0.370 e. The highest BCUT2D eigenvalue weighted by atomic mass is 16.9. The van der Waals surface area contributed by atoms with Crippen LogP contribution in [-0.4, -0.2) is 35.9 Å². The fourth-order valence-corrected chi connectivity index (χ4v) is 1.87. The van der Waals surface area contributed by atoms with Crippen LogP contribution < -0.4 is 16.0 Å². The highest BCUT2D eigenvalue weighted by Crippen LogP contribution is 2.24. The Labute approximate surface area is 128 Å². The molecule has 0 aliphatic rings. The third-order valence-corrected chi connectivity index (χ3v) is 2.75. The minimum absolute atomic E-state index is 0.115. The number of aliphatic imine (C=N–C) groups is 1. The number of hydrogen-bond acceptors (Lipinski definition) is 4. The maximum atomic E-state index is 12.1. The van der Waals surface area contributed by atoms with E-state index in [1.165, 1.54) is 7.05 Å². The van der Waals surface area contributed by atoms with Crippen LogP contribution in [0.4, 0.5) is 10.5 Å². The number of aryl methyl sites for hydroxylation is 2. The molecule has 0 aliphatic carbocycles. The van der Waals surface area contributed by atoms with Gasteiger partial charge in [0.25, 0.3) is 5.09 Å². The van der Waals surface area contributed by atoms with Crippen molar-refractivity contribution >= 4 is 17.7 Å². The molecule has 0 spiro atoms. The number of rotatable bonds is 2. The third kappa shape index (κ3) is 6.07. The van der Waals surface area contributed by atoms with Gasteiger partial charge in [-0.25, -0.2) is 4.79 Å². The summed E-state index contributed by atoms with van der Waals surface area (Å²) in [6.45, 7) is 6.45. The molecule has 0 heterocycles. The Morgan fingerprint density at radius 2 is 1.91 bits per heavy atom. The van der Waals surface area contributed by atoms with Gasteiger partial charge in [0, 0.05) is 13.6 Å². The van der Waals surface area contributed by atoms with Crippen molar-refractivity contribution in [2.24, 2.45) is 10.7 Å². The molecule has 1 aromatic carbocycles. The number of urea groups is 1. The van der Waals surface area contributed by atoms with Crippen LogP contribution in [0.15, 0.2) is 23.2 Å². The summed E-state index contributed by atoms with van der Waals surface area (Å²) in [6.07, 6.45) is 0. The second-order valence-electron chi connectivity index (χ2n) is 4.26. The fraction of sp³-hybridized carbons (Fsp3) is 0.385. The summed E-state index contributed by atoms with van der Waals surface area (Å²) in [5.74, 6) is 0.115. The molecule has 0 fully saturated rings. The lowest BCUT2D eigenvalue weighted by atomic mass is 10.1. The van der Waals surface area contributed by atoms with Gasteiger partial charge < -0.3 is 10.9 Å². The second-order valence-corrected chi connectivity index (χ2v) is 4.26. The maximum absolute atomic E-state index is 12.1. The molecule has 0 saturated carbocycles. The molecule has 0 bridgehead atoms. The molecule has 9 heteroatoms. The first kappa shape index (κ1) is 19.2. The van der Waals surface area contributed by atoms with Crippen LogP contribution in [0, 0.1) is 24.0 Å². The van der Waals surface area contributed by atoms with Gasteiger partial charge in [0.2, 0.25) is 0 Å². The zero-order chi connectivity index (χ0) is 17.3. The van der Waals surface area contributed by atoms with Gasteiger partial charge in [-0.1, -0.05) is 18.2 Å². The lowest BCUT2D eigenvalue weighted by Crippen LogP contribution is -2.46. The van der Waals surface area contributed by atoms with Gasteiger partial charge in [-0.15, -0.1) is 10.1 Å². The monoisotopic (exact) mass is 311 g/mol. The molecule has 1 rings (SSSR count). The van der Waals surface area contributed by atoms with Crippen LogP contribution >= 0.6 is 0 Å². The molecule has 1 aromatic rings. The van der Waals surface area contributed by atoms with Gasteiger partial charge in [-0.05, 0) is 31.9 Å². The smallest absolute Gasteiger partial charge is 0.328 e. The van der Waals surface area contributed by atoms with Crippen molar-refractivity contribution in [2.75, 3.05) is 18.5 Å². The quantitative estimate of drug-likeness (QED) is 0.329. The zero-order valence-corrected chi connectivity index (χ0v) is 13.0. The van der Waals surface area contributed by atoms with Gasteiger partial charge in [-0.2, -0.15) is 0 Å². The van der Waals surface area contributed by atoms with Crippen LogP contribution in [0.5, 0.6) is 0 Å². The number of benzene rings is 1. The first-order valence-corrected chi connectivity index (χ1v) is 6.44. The highest BCUT2D eigenvalue weighted by molar-refractivity contribution is 6.03. The van der Waals surface area contributed by atoms with Crippen molar-refractivity contribution in [3.8, 4) is 0 Å².